The normalized spacial score (nSPS) is 11.6. The van der Waals surface area contributed by atoms with Gasteiger partial charge in [-0.2, -0.15) is 0 Å². The minimum absolute atomic E-state index is 0.0423. The Morgan fingerprint density at radius 3 is 2.61 bits per heavy atom. The van der Waals surface area contributed by atoms with Gasteiger partial charge in [0.05, 0.1) is 11.8 Å². The van der Waals surface area contributed by atoms with Gasteiger partial charge in [0.25, 0.3) is 5.91 Å². The van der Waals surface area contributed by atoms with E-state index in [2.05, 4.69) is 15.8 Å². The van der Waals surface area contributed by atoms with Gasteiger partial charge in [-0.1, -0.05) is 12.1 Å². The highest BCUT2D eigenvalue weighted by Crippen LogP contribution is 2.24. The topological polar surface area (TPSA) is 93.5 Å². The lowest BCUT2D eigenvalue weighted by Gasteiger charge is -2.15. The molecular formula is C21H18F3N3O4. The van der Waals surface area contributed by atoms with E-state index >= 15 is 0 Å². The fourth-order valence-electron chi connectivity index (χ4n) is 2.54. The Kier molecular flexibility index (Phi) is 6.91. The van der Waals surface area contributed by atoms with Crippen LogP contribution in [0, 0.1) is 17.5 Å². The van der Waals surface area contributed by atoms with E-state index in [1.54, 1.807) is 6.07 Å². The van der Waals surface area contributed by atoms with Gasteiger partial charge in [-0.25, -0.2) is 18.2 Å². The molecule has 1 atom stereocenters. The molecule has 0 saturated heterocycles. The number of nitrogens with zero attached hydrogens (tertiary/aromatic N) is 1. The van der Waals surface area contributed by atoms with Crippen molar-refractivity contribution in [3.05, 3.63) is 72.0 Å². The maximum absolute atomic E-state index is 13.8. The highest BCUT2D eigenvalue weighted by Gasteiger charge is 2.17. The molecule has 10 heteroatoms. The van der Waals surface area contributed by atoms with Crippen molar-refractivity contribution in [3.63, 3.8) is 0 Å². The predicted molar refractivity (Wildman–Crippen MR) is 103 cm³/mol. The van der Waals surface area contributed by atoms with Crippen molar-refractivity contribution < 1.29 is 31.9 Å². The predicted octanol–water partition coefficient (Wildman–Crippen LogP) is 3.31. The number of ether oxygens (including phenoxy) is 1. The second-order valence-corrected chi connectivity index (χ2v) is 6.47. The number of carbonyl (C=O) groups is 2. The summed E-state index contributed by atoms with van der Waals surface area (Å²) in [6.45, 7) is 1.40. The Hall–Kier alpha value is -3.82. The first-order valence-electron chi connectivity index (χ1n) is 9.23. The number of hydrogen-bond donors (Lipinski definition) is 2. The smallest absolute Gasteiger partial charge is 0.279 e. The van der Waals surface area contributed by atoms with Gasteiger partial charge in [0.1, 0.15) is 11.6 Å². The zero-order valence-electron chi connectivity index (χ0n) is 16.3. The Bertz CT molecular complexity index is 1090. The number of carbonyl (C=O) groups excluding carboxylic acids is 2. The minimum atomic E-state index is -1.06. The van der Waals surface area contributed by atoms with Crippen LogP contribution in [0.1, 0.15) is 19.2 Å². The van der Waals surface area contributed by atoms with E-state index in [1.807, 2.05) is 0 Å². The Morgan fingerprint density at radius 2 is 1.87 bits per heavy atom. The zero-order valence-corrected chi connectivity index (χ0v) is 16.3. The number of hydrazine groups is 1. The lowest BCUT2D eigenvalue weighted by atomic mass is 10.2. The number of oxazole rings is 1. The van der Waals surface area contributed by atoms with Crippen LogP contribution < -0.4 is 15.6 Å². The van der Waals surface area contributed by atoms with Crippen molar-refractivity contribution in [2.24, 2.45) is 0 Å². The van der Waals surface area contributed by atoms with Crippen LogP contribution in [0.15, 0.2) is 53.1 Å². The molecule has 3 rings (SSSR count). The van der Waals surface area contributed by atoms with E-state index in [1.165, 1.54) is 37.4 Å². The summed E-state index contributed by atoms with van der Waals surface area (Å²) in [5.74, 6) is -3.17. The van der Waals surface area contributed by atoms with Crippen molar-refractivity contribution in [2.75, 3.05) is 0 Å². The molecule has 1 unspecified atom stereocenters. The van der Waals surface area contributed by atoms with Gasteiger partial charge in [-0.05, 0) is 31.2 Å². The first kappa shape index (κ1) is 21.9. The average Bonchev–Trinajstić information content (AvgIpc) is 3.20. The van der Waals surface area contributed by atoms with E-state index in [0.717, 1.165) is 12.1 Å². The first-order valence-corrected chi connectivity index (χ1v) is 9.23. The van der Waals surface area contributed by atoms with Crippen molar-refractivity contribution in [2.45, 2.75) is 25.9 Å². The molecular weight excluding hydrogens is 415 g/mol. The summed E-state index contributed by atoms with van der Waals surface area (Å²) >= 11 is 0. The molecule has 7 nitrogen and oxygen atoms in total. The largest absolute Gasteiger partial charge is 0.478 e. The van der Waals surface area contributed by atoms with Gasteiger partial charge < -0.3 is 9.15 Å². The maximum Gasteiger partial charge on any atom is 0.279 e. The van der Waals surface area contributed by atoms with Crippen molar-refractivity contribution in [3.8, 4) is 17.1 Å². The summed E-state index contributed by atoms with van der Waals surface area (Å²) in [6.07, 6.45) is 0.199. The molecule has 1 heterocycles. The fraction of sp³-hybridized carbons (Fsp3) is 0.190. The fourth-order valence-corrected chi connectivity index (χ4v) is 2.54. The van der Waals surface area contributed by atoms with E-state index in [0.29, 0.717) is 0 Å². The number of rotatable bonds is 7. The quantitative estimate of drug-likeness (QED) is 0.558. The molecule has 3 aromatic rings. The molecule has 0 bridgehead atoms. The van der Waals surface area contributed by atoms with Gasteiger partial charge in [0.2, 0.25) is 5.91 Å². The average molecular weight is 433 g/mol. The lowest BCUT2D eigenvalue weighted by molar-refractivity contribution is -0.132. The highest BCUT2D eigenvalue weighted by molar-refractivity contribution is 5.84. The maximum atomic E-state index is 13.8. The van der Waals surface area contributed by atoms with Crippen LogP contribution in [-0.4, -0.2) is 22.9 Å². The molecule has 0 saturated carbocycles. The van der Waals surface area contributed by atoms with Crippen molar-refractivity contribution >= 4 is 11.8 Å². The molecule has 0 aliphatic rings. The summed E-state index contributed by atoms with van der Waals surface area (Å²) in [4.78, 5) is 27.9. The standard InChI is InChI=1S/C21H18F3N3O4/c1-12(30-17-5-3-2-4-15(17)23)21(29)27-26-19(28)8-9-20-25-11-18(31-20)14-7-6-13(22)10-16(14)24/h2-7,10-12H,8-9H2,1H3,(H,26,28)(H,27,29). The lowest BCUT2D eigenvalue weighted by Crippen LogP contribution is -2.47. The minimum Gasteiger partial charge on any atom is -0.478 e. The van der Waals surface area contributed by atoms with Crippen molar-refractivity contribution in [1.29, 1.82) is 0 Å². The molecule has 0 aliphatic heterocycles. The monoisotopic (exact) mass is 433 g/mol. The SMILES string of the molecule is CC(Oc1ccccc1F)C(=O)NNC(=O)CCc1ncc(-c2ccc(F)cc2F)o1. The molecule has 1 aromatic heterocycles. The van der Waals surface area contributed by atoms with Crippen LogP contribution in [-0.2, 0) is 16.0 Å². The van der Waals surface area contributed by atoms with Crippen LogP contribution in [0.4, 0.5) is 13.2 Å². The third kappa shape index (κ3) is 5.84. The van der Waals surface area contributed by atoms with Crippen LogP contribution in [0.2, 0.25) is 0 Å². The molecule has 0 radical (unpaired) electrons. The van der Waals surface area contributed by atoms with E-state index in [4.69, 9.17) is 9.15 Å². The van der Waals surface area contributed by atoms with Crippen LogP contribution >= 0.6 is 0 Å². The van der Waals surface area contributed by atoms with Gasteiger partial charge in [-0.3, -0.25) is 20.4 Å². The number of hydrogen-bond acceptors (Lipinski definition) is 5. The summed E-state index contributed by atoms with van der Waals surface area (Å²) in [7, 11) is 0. The number of halogens is 3. The van der Waals surface area contributed by atoms with Crippen LogP contribution in [0.3, 0.4) is 0 Å². The molecule has 2 amide bonds. The summed E-state index contributed by atoms with van der Waals surface area (Å²) in [5, 5.41) is 0. The van der Waals surface area contributed by atoms with Crippen LogP contribution in [0.25, 0.3) is 11.3 Å². The van der Waals surface area contributed by atoms with Crippen molar-refractivity contribution in [1.82, 2.24) is 15.8 Å². The number of aromatic nitrogens is 1. The molecule has 31 heavy (non-hydrogen) atoms. The van der Waals surface area contributed by atoms with E-state index in [9.17, 15) is 22.8 Å². The van der Waals surface area contributed by atoms with Crippen LogP contribution in [0.5, 0.6) is 5.75 Å². The summed E-state index contributed by atoms with van der Waals surface area (Å²) < 4.78 is 51.0. The number of benzene rings is 2. The first-order chi connectivity index (χ1) is 14.8. The molecule has 2 aromatic carbocycles. The Balaban J connectivity index is 1.45. The summed E-state index contributed by atoms with van der Waals surface area (Å²) in [5.41, 5.74) is 4.43. The van der Waals surface area contributed by atoms with E-state index < -0.39 is 35.4 Å². The number of aryl methyl sites for hydroxylation is 1. The molecule has 0 spiro atoms. The third-order valence-electron chi connectivity index (χ3n) is 4.15. The van der Waals surface area contributed by atoms with Gasteiger partial charge >= 0.3 is 0 Å². The zero-order chi connectivity index (χ0) is 22.4. The highest BCUT2D eigenvalue weighted by atomic mass is 19.1. The number of nitrogens with one attached hydrogen (secondary N) is 2. The number of amides is 2. The van der Waals surface area contributed by atoms with Gasteiger partial charge in [0, 0.05) is 18.9 Å². The molecule has 0 aliphatic carbocycles. The molecule has 2 N–H and O–H groups in total. The van der Waals surface area contributed by atoms with E-state index in [-0.39, 0.29) is 35.8 Å². The Labute approximate surface area is 175 Å². The van der Waals surface area contributed by atoms with Gasteiger partial charge in [0.15, 0.2) is 29.3 Å². The Morgan fingerprint density at radius 1 is 1.10 bits per heavy atom. The number of para-hydroxylation sites is 1. The second kappa shape index (κ2) is 9.79. The molecule has 162 valence electrons. The summed E-state index contributed by atoms with van der Waals surface area (Å²) in [6, 6.07) is 8.66. The third-order valence-corrected chi connectivity index (χ3v) is 4.15. The molecule has 0 fully saturated rings. The van der Waals surface area contributed by atoms with Gasteiger partial charge in [-0.15, -0.1) is 0 Å². The second-order valence-electron chi connectivity index (χ2n) is 6.47.